The molecular formula is C20H28N4O. The minimum atomic E-state index is 0.239. The average Bonchev–Trinajstić information content (AvgIpc) is 2.61. The first-order valence-corrected chi connectivity index (χ1v) is 9.02. The van der Waals surface area contributed by atoms with E-state index in [2.05, 4.69) is 46.2 Å². The molecule has 25 heavy (non-hydrogen) atoms. The van der Waals surface area contributed by atoms with Gasteiger partial charge in [0.1, 0.15) is 11.6 Å². The number of benzene rings is 1. The van der Waals surface area contributed by atoms with Crippen LogP contribution in [-0.4, -0.2) is 36.2 Å². The Balaban J connectivity index is 1.69. The molecule has 3 rings (SSSR count). The van der Waals surface area contributed by atoms with Gasteiger partial charge in [0.25, 0.3) is 0 Å². The van der Waals surface area contributed by atoms with Crippen LogP contribution in [-0.2, 0) is 0 Å². The molecule has 134 valence electrons. The van der Waals surface area contributed by atoms with E-state index in [1.54, 1.807) is 7.11 Å². The summed E-state index contributed by atoms with van der Waals surface area (Å²) in [5.41, 5.74) is 3.42. The van der Waals surface area contributed by atoms with Gasteiger partial charge >= 0.3 is 0 Å². The molecule has 2 heterocycles. The molecule has 0 bridgehead atoms. The first kappa shape index (κ1) is 17.7. The fourth-order valence-corrected chi connectivity index (χ4v) is 3.68. The third-order valence-electron chi connectivity index (χ3n) is 4.94. The fourth-order valence-electron chi connectivity index (χ4n) is 3.68. The summed E-state index contributed by atoms with van der Waals surface area (Å²) in [5, 5.41) is 3.77. The molecule has 1 aliphatic heterocycles. The van der Waals surface area contributed by atoms with Crippen LogP contribution in [0.4, 0.5) is 5.69 Å². The molecule has 1 aromatic heterocycles. The fraction of sp³-hybridized carbons (Fsp3) is 0.500. The van der Waals surface area contributed by atoms with Crippen LogP contribution < -0.4 is 15.0 Å². The summed E-state index contributed by atoms with van der Waals surface area (Å²) in [5.74, 6) is 1.77. The summed E-state index contributed by atoms with van der Waals surface area (Å²) in [6.45, 7) is 8.24. The lowest BCUT2D eigenvalue weighted by atomic mass is 10.0. The van der Waals surface area contributed by atoms with Crippen LogP contribution >= 0.6 is 0 Å². The van der Waals surface area contributed by atoms with Gasteiger partial charge in [0, 0.05) is 42.6 Å². The van der Waals surface area contributed by atoms with Crippen LogP contribution in [0, 0.1) is 13.8 Å². The Hall–Kier alpha value is -2.14. The highest BCUT2D eigenvalue weighted by atomic mass is 16.5. The Labute approximate surface area is 150 Å². The first-order chi connectivity index (χ1) is 12.1. The molecule has 0 amide bonds. The number of aryl methyl sites for hydroxylation is 2. The molecular weight excluding hydrogens is 312 g/mol. The van der Waals surface area contributed by atoms with Crippen molar-refractivity contribution in [2.75, 3.05) is 25.1 Å². The lowest BCUT2D eigenvalue weighted by molar-refractivity contribution is 0.379. The third kappa shape index (κ3) is 4.10. The topological polar surface area (TPSA) is 50.3 Å². The molecule has 0 aliphatic carbocycles. The van der Waals surface area contributed by atoms with Crippen LogP contribution in [0.2, 0.25) is 0 Å². The zero-order chi connectivity index (χ0) is 17.8. The van der Waals surface area contributed by atoms with Crippen molar-refractivity contribution in [1.82, 2.24) is 15.3 Å². The summed E-state index contributed by atoms with van der Waals surface area (Å²) in [6, 6.07) is 8.94. The molecule has 2 aromatic rings. The second-order valence-corrected chi connectivity index (χ2v) is 6.80. The number of rotatable bonds is 5. The monoisotopic (exact) mass is 340 g/mol. The second-order valence-electron chi connectivity index (χ2n) is 6.80. The minimum Gasteiger partial charge on any atom is -0.495 e. The number of piperidine rings is 1. The summed E-state index contributed by atoms with van der Waals surface area (Å²) in [4.78, 5) is 11.3. The quantitative estimate of drug-likeness (QED) is 0.904. The van der Waals surface area contributed by atoms with Gasteiger partial charge in [0.2, 0.25) is 0 Å². The highest BCUT2D eigenvalue weighted by molar-refractivity contribution is 5.58. The number of aromatic nitrogens is 2. The number of anilines is 1. The summed E-state index contributed by atoms with van der Waals surface area (Å²) in [7, 11) is 1.74. The van der Waals surface area contributed by atoms with E-state index >= 15 is 0 Å². The van der Waals surface area contributed by atoms with Crippen LogP contribution in [0.15, 0.2) is 30.5 Å². The summed E-state index contributed by atoms with van der Waals surface area (Å²) >= 11 is 0. The molecule has 1 N–H and O–H groups in total. The Morgan fingerprint density at radius 2 is 2.08 bits per heavy atom. The Morgan fingerprint density at radius 1 is 1.28 bits per heavy atom. The maximum atomic E-state index is 5.53. The van der Waals surface area contributed by atoms with Crippen molar-refractivity contribution in [3.8, 4) is 5.75 Å². The number of ether oxygens (including phenoxy) is 1. The summed E-state index contributed by atoms with van der Waals surface area (Å²) in [6.07, 6.45) is 4.31. The van der Waals surface area contributed by atoms with Crippen molar-refractivity contribution in [3.63, 3.8) is 0 Å². The average molecular weight is 340 g/mol. The van der Waals surface area contributed by atoms with E-state index in [1.165, 1.54) is 24.1 Å². The molecule has 0 spiro atoms. The van der Waals surface area contributed by atoms with E-state index in [4.69, 9.17) is 4.74 Å². The van der Waals surface area contributed by atoms with Gasteiger partial charge in [-0.25, -0.2) is 9.97 Å². The predicted octanol–water partition coefficient (Wildman–Crippen LogP) is 3.42. The van der Waals surface area contributed by atoms with Crippen molar-refractivity contribution >= 4 is 5.69 Å². The molecule has 2 atom stereocenters. The van der Waals surface area contributed by atoms with Gasteiger partial charge in [-0.05, 0) is 45.7 Å². The molecule has 5 nitrogen and oxygen atoms in total. The van der Waals surface area contributed by atoms with Gasteiger partial charge in [0.05, 0.1) is 12.8 Å². The Bertz CT molecular complexity index is 719. The number of methoxy groups -OCH3 is 1. The van der Waals surface area contributed by atoms with Gasteiger partial charge in [-0.1, -0.05) is 12.1 Å². The van der Waals surface area contributed by atoms with E-state index in [9.17, 15) is 0 Å². The molecule has 0 unspecified atom stereocenters. The van der Waals surface area contributed by atoms with Crippen molar-refractivity contribution < 1.29 is 4.74 Å². The van der Waals surface area contributed by atoms with E-state index in [0.717, 1.165) is 30.4 Å². The smallest absolute Gasteiger partial charge is 0.142 e. The molecule has 0 saturated carbocycles. The zero-order valence-corrected chi connectivity index (χ0v) is 15.6. The maximum Gasteiger partial charge on any atom is 0.142 e. The van der Waals surface area contributed by atoms with Crippen molar-refractivity contribution in [3.05, 3.63) is 47.5 Å². The SMILES string of the molecule is COc1ccccc1N1CCC[C@H](N[C@@H](C)c2cnc(C)nc2C)C1. The van der Waals surface area contributed by atoms with E-state index in [0.29, 0.717) is 6.04 Å². The predicted molar refractivity (Wildman–Crippen MR) is 101 cm³/mol. The number of hydrogen-bond donors (Lipinski definition) is 1. The zero-order valence-electron chi connectivity index (χ0n) is 15.6. The molecule has 1 aliphatic rings. The number of hydrogen-bond acceptors (Lipinski definition) is 5. The molecule has 1 aromatic carbocycles. The van der Waals surface area contributed by atoms with Crippen molar-refractivity contribution in [2.45, 2.75) is 45.7 Å². The van der Waals surface area contributed by atoms with Crippen LogP contribution in [0.3, 0.4) is 0 Å². The lowest BCUT2D eigenvalue weighted by Gasteiger charge is -2.37. The van der Waals surface area contributed by atoms with Gasteiger partial charge < -0.3 is 15.0 Å². The Kier molecular flexibility index (Phi) is 5.53. The van der Waals surface area contributed by atoms with Gasteiger partial charge in [-0.2, -0.15) is 0 Å². The standard InChI is InChI=1S/C20H28N4O/c1-14-18(12-21-16(3)22-14)15(2)23-17-8-7-11-24(13-17)19-9-5-6-10-20(19)25-4/h5-6,9-10,12,15,17,23H,7-8,11,13H2,1-4H3/t15-,17-/m0/s1. The molecule has 5 heteroatoms. The molecule has 0 radical (unpaired) electrons. The number of nitrogens with zero attached hydrogens (tertiary/aromatic N) is 3. The number of para-hydroxylation sites is 2. The van der Waals surface area contributed by atoms with Crippen LogP contribution in [0.25, 0.3) is 0 Å². The summed E-state index contributed by atoms with van der Waals surface area (Å²) < 4.78 is 5.53. The number of nitrogens with one attached hydrogen (secondary N) is 1. The van der Waals surface area contributed by atoms with Crippen molar-refractivity contribution in [1.29, 1.82) is 0 Å². The van der Waals surface area contributed by atoms with Gasteiger partial charge in [0.15, 0.2) is 0 Å². The van der Waals surface area contributed by atoms with Gasteiger partial charge in [-0.15, -0.1) is 0 Å². The first-order valence-electron chi connectivity index (χ1n) is 9.02. The highest BCUT2D eigenvalue weighted by Crippen LogP contribution is 2.30. The minimum absolute atomic E-state index is 0.239. The second kappa shape index (κ2) is 7.83. The highest BCUT2D eigenvalue weighted by Gasteiger charge is 2.24. The Morgan fingerprint density at radius 3 is 2.84 bits per heavy atom. The van der Waals surface area contributed by atoms with E-state index < -0.39 is 0 Å². The van der Waals surface area contributed by atoms with E-state index in [-0.39, 0.29) is 6.04 Å². The lowest BCUT2D eigenvalue weighted by Crippen LogP contribution is -2.46. The van der Waals surface area contributed by atoms with Crippen molar-refractivity contribution in [2.24, 2.45) is 0 Å². The van der Waals surface area contributed by atoms with Crippen LogP contribution in [0.1, 0.15) is 42.9 Å². The van der Waals surface area contributed by atoms with E-state index in [1.807, 2.05) is 25.3 Å². The maximum absolute atomic E-state index is 5.53. The normalized spacial score (nSPS) is 18.9. The molecule has 1 fully saturated rings. The van der Waals surface area contributed by atoms with Crippen LogP contribution in [0.5, 0.6) is 5.75 Å². The van der Waals surface area contributed by atoms with Gasteiger partial charge in [-0.3, -0.25) is 0 Å². The largest absolute Gasteiger partial charge is 0.495 e. The molecule has 1 saturated heterocycles. The third-order valence-corrected chi connectivity index (χ3v) is 4.94.